The minimum absolute atomic E-state index is 0.516. The van der Waals surface area contributed by atoms with Gasteiger partial charge < -0.3 is 14.4 Å². The summed E-state index contributed by atoms with van der Waals surface area (Å²) in [6.07, 6.45) is 13.1. The predicted octanol–water partition coefficient (Wildman–Crippen LogP) is 3.47. The van der Waals surface area contributed by atoms with E-state index in [9.17, 15) is 0 Å². The molecule has 0 aromatic heterocycles. The largest absolute Gasteiger partial charge is 0.381 e. The molecule has 0 N–H and O–H groups in total. The Hall–Kier alpha value is -0.120. The van der Waals surface area contributed by atoms with E-state index >= 15 is 0 Å². The first-order chi connectivity index (χ1) is 9.81. The van der Waals surface area contributed by atoms with Crippen LogP contribution in [0.3, 0.4) is 0 Å². The summed E-state index contributed by atoms with van der Waals surface area (Å²) in [4.78, 5) is 2.62. The zero-order chi connectivity index (χ0) is 14.2. The molecule has 118 valence electrons. The molecule has 1 aliphatic heterocycles. The number of likely N-dealkylation sites (tertiary alicyclic amines) is 1. The van der Waals surface area contributed by atoms with Gasteiger partial charge in [0.2, 0.25) is 0 Å². The first-order valence-corrected chi connectivity index (χ1v) is 8.59. The Balaban J connectivity index is 1.48. The Morgan fingerprint density at radius 2 is 1.40 bits per heavy atom. The Morgan fingerprint density at radius 3 is 2.00 bits per heavy atom. The molecule has 1 aliphatic carbocycles. The number of hydrogen-bond acceptors (Lipinski definition) is 3. The fourth-order valence-corrected chi connectivity index (χ4v) is 3.79. The minimum Gasteiger partial charge on any atom is -0.381 e. The van der Waals surface area contributed by atoms with Crippen molar-refractivity contribution in [2.24, 2.45) is 5.92 Å². The van der Waals surface area contributed by atoms with Crippen molar-refractivity contribution >= 4 is 0 Å². The zero-order valence-corrected chi connectivity index (χ0v) is 13.5. The fraction of sp³-hybridized carbons (Fsp3) is 1.00. The van der Waals surface area contributed by atoms with Gasteiger partial charge in [-0.3, -0.25) is 0 Å². The highest BCUT2D eigenvalue weighted by molar-refractivity contribution is 4.74. The van der Waals surface area contributed by atoms with Crippen molar-refractivity contribution in [2.75, 3.05) is 33.9 Å². The molecule has 2 rings (SSSR count). The topological polar surface area (TPSA) is 21.7 Å². The molecule has 2 fully saturated rings. The summed E-state index contributed by atoms with van der Waals surface area (Å²) in [5.74, 6) is 0.973. The second-order valence-corrected chi connectivity index (χ2v) is 6.65. The molecule has 0 spiro atoms. The van der Waals surface area contributed by atoms with E-state index in [1.165, 1.54) is 77.4 Å². The fourth-order valence-electron chi connectivity index (χ4n) is 3.79. The van der Waals surface area contributed by atoms with Crippen LogP contribution in [0.4, 0.5) is 0 Å². The van der Waals surface area contributed by atoms with Crippen molar-refractivity contribution in [1.82, 2.24) is 4.90 Å². The van der Waals surface area contributed by atoms with Gasteiger partial charge in [0, 0.05) is 27.3 Å². The van der Waals surface area contributed by atoms with Gasteiger partial charge in [0.15, 0.2) is 0 Å². The van der Waals surface area contributed by atoms with Gasteiger partial charge in [-0.05, 0) is 57.4 Å². The molecular formula is C17H33NO2. The van der Waals surface area contributed by atoms with Crippen molar-refractivity contribution in [3.8, 4) is 0 Å². The van der Waals surface area contributed by atoms with Crippen LogP contribution in [0, 0.1) is 5.92 Å². The van der Waals surface area contributed by atoms with Gasteiger partial charge in [-0.1, -0.05) is 12.8 Å². The Bertz CT molecular complexity index is 217. The lowest BCUT2D eigenvalue weighted by Crippen LogP contribution is -2.37. The molecule has 0 unspecified atom stereocenters. The van der Waals surface area contributed by atoms with Crippen LogP contribution in [0.1, 0.15) is 57.8 Å². The number of hydrogen-bond donors (Lipinski definition) is 0. The van der Waals surface area contributed by atoms with E-state index in [0.29, 0.717) is 12.2 Å². The summed E-state index contributed by atoms with van der Waals surface area (Å²) < 4.78 is 10.9. The zero-order valence-electron chi connectivity index (χ0n) is 13.5. The third-order valence-electron chi connectivity index (χ3n) is 5.33. The van der Waals surface area contributed by atoms with Crippen LogP contribution >= 0.6 is 0 Å². The average Bonchev–Trinajstić information content (AvgIpc) is 2.53. The van der Waals surface area contributed by atoms with E-state index in [1.807, 2.05) is 14.2 Å². The number of unbranched alkanes of at least 4 members (excludes halogenated alkanes) is 1. The number of methoxy groups -OCH3 is 2. The Kier molecular flexibility index (Phi) is 7.32. The third kappa shape index (κ3) is 5.34. The van der Waals surface area contributed by atoms with Gasteiger partial charge >= 0.3 is 0 Å². The van der Waals surface area contributed by atoms with Crippen molar-refractivity contribution in [3.63, 3.8) is 0 Å². The van der Waals surface area contributed by atoms with E-state index in [2.05, 4.69) is 4.90 Å². The molecule has 20 heavy (non-hydrogen) atoms. The van der Waals surface area contributed by atoms with E-state index in [0.717, 1.165) is 5.92 Å². The van der Waals surface area contributed by atoms with Gasteiger partial charge in [0.1, 0.15) is 0 Å². The monoisotopic (exact) mass is 283 g/mol. The summed E-state index contributed by atoms with van der Waals surface area (Å²) in [6.45, 7) is 3.76. The third-order valence-corrected chi connectivity index (χ3v) is 5.33. The van der Waals surface area contributed by atoms with Crippen LogP contribution in [0.25, 0.3) is 0 Å². The van der Waals surface area contributed by atoms with Gasteiger partial charge in [-0.25, -0.2) is 0 Å². The van der Waals surface area contributed by atoms with Crippen molar-refractivity contribution in [2.45, 2.75) is 70.0 Å². The van der Waals surface area contributed by atoms with Gasteiger partial charge in [-0.2, -0.15) is 0 Å². The molecule has 0 radical (unpaired) electrons. The number of rotatable bonds is 7. The molecule has 1 heterocycles. The lowest BCUT2D eigenvalue weighted by molar-refractivity contribution is 0.0400. The van der Waals surface area contributed by atoms with Crippen molar-refractivity contribution < 1.29 is 9.47 Å². The lowest BCUT2D eigenvalue weighted by atomic mass is 9.84. The quantitative estimate of drug-likeness (QED) is 0.668. The molecular weight excluding hydrogens is 250 g/mol. The van der Waals surface area contributed by atoms with Crippen LogP contribution in [0.15, 0.2) is 0 Å². The van der Waals surface area contributed by atoms with E-state index in [-0.39, 0.29) is 0 Å². The summed E-state index contributed by atoms with van der Waals surface area (Å²) >= 11 is 0. The number of nitrogens with zero attached hydrogens (tertiary/aromatic N) is 1. The summed E-state index contributed by atoms with van der Waals surface area (Å²) in [7, 11) is 3.70. The smallest absolute Gasteiger partial charge is 0.0595 e. The van der Waals surface area contributed by atoms with Crippen LogP contribution < -0.4 is 0 Å². The van der Waals surface area contributed by atoms with E-state index in [1.54, 1.807) is 0 Å². The van der Waals surface area contributed by atoms with Crippen LogP contribution in [0.2, 0.25) is 0 Å². The SMILES string of the molecule is COC1CCC(CCCCN2CCC(OC)CC2)CC1. The van der Waals surface area contributed by atoms with Crippen molar-refractivity contribution in [1.29, 1.82) is 0 Å². The number of piperidine rings is 1. The normalized spacial score (nSPS) is 29.7. The first kappa shape index (κ1) is 16.3. The molecule has 0 atom stereocenters. The Labute approximate surface area is 125 Å². The molecule has 0 amide bonds. The molecule has 1 saturated carbocycles. The second-order valence-electron chi connectivity index (χ2n) is 6.65. The standard InChI is InChI=1S/C17H33NO2/c1-19-16-8-6-15(7-9-16)5-3-4-12-18-13-10-17(20-2)11-14-18/h15-17H,3-14H2,1-2H3. The predicted molar refractivity (Wildman–Crippen MR) is 83.1 cm³/mol. The maximum Gasteiger partial charge on any atom is 0.0595 e. The molecule has 2 aliphatic rings. The minimum atomic E-state index is 0.516. The molecule has 0 bridgehead atoms. The van der Waals surface area contributed by atoms with Crippen LogP contribution in [-0.4, -0.2) is 51.0 Å². The average molecular weight is 283 g/mol. The maximum atomic E-state index is 5.45. The number of ether oxygens (including phenoxy) is 2. The lowest BCUT2D eigenvalue weighted by Gasteiger charge is -2.31. The molecule has 0 aromatic carbocycles. The highest BCUT2D eigenvalue weighted by Gasteiger charge is 2.21. The molecule has 3 nitrogen and oxygen atoms in total. The molecule has 0 aromatic rings. The molecule has 3 heteroatoms. The highest BCUT2D eigenvalue weighted by atomic mass is 16.5. The Morgan fingerprint density at radius 1 is 0.800 bits per heavy atom. The summed E-state index contributed by atoms with van der Waals surface area (Å²) in [5.41, 5.74) is 0. The second kappa shape index (κ2) is 9.01. The van der Waals surface area contributed by atoms with Crippen LogP contribution in [0.5, 0.6) is 0 Å². The maximum absolute atomic E-state index is 5.45. The first-order valence-electron chi connectivity index (χ1n) is 8.59. The highest BCUT2D eigenvalue weighted by Crippen LogP contribution is 2.29. The van der Waals surface area contributed by atoms with E-state index < -0.39 is 0 Å². The van der Waals surface area contributed by atoms with Crippen molar-refractivity contribution in [3.05, 3.63) is 0 Å². The van der Waals surface area contributed by atoms with Gasteiger partial charge in [-0.15, -0.1) is 0 Å². The van der Waals surface area contributed by atoms with Gasteiger partial charge in [0.25, 0.3) is 0 Å². The summed E-state index contributed by atoms with van der Waals surface area (Å²) in [6, 6.07) is 0. The van der Waals surface area contributed by atoms with Crippen LogP contribution in [-0.2, 0) is 9.47 Å². The summed E-state index contributed by atoms with van der Waals surface area (Å²) in [5, 5.41) is 0. The van der Waals surface area contributed by atoms with E-state index in [4.69, 9.17) is 9.47 Å². The molecule has 1 saturated heterocycles. The van der Waals surface area contributed by atoms with Gasteiger partial charge in [0.05, 0.1) is 12.2 Å².